The standard InChI is InChI=1S/C18H21NO6S/c1-5-25-18(20)14-8-6-7-9-15(14)19(2)26(21,22)13-10-11-16(23-3)17(12-13)24-4/h6-12H,5H2,1-4H3. The van der Waals surface area contributed by atoms with E-state index in [1.807, 2.05) is 0 Å². The van der Waals surface area contributed by atoms with Gasteiger partial charge in [-0.15, -0.1) is 0 Å². The van der Waals surface area contributed by atoms with E-state index >= 15 is 0 Å². The van der Waals surface area contributed by atoms with Gasteiger partial charge in [-0.2, -0.15) is 0 Å². The van der Waals surface area contributed by atoms with Crippen LogP contribution in [0, 0.1) is 0 Å². The quantitative estimate of drug-likeness (QED) is 0.688. The Morgan fingerprint density at radius 1 is 1.04 bits per heavy atom. The SMILES string of the molecule is CCOC(=O)c1ccccc1N(C)S(=O)(=O)c1ccc(OC)c(OC)c1. The smallest absolute Gasteiger partial charge is 0.340 e. The number of sulfonamides is 1. The molecule has 0 aromatic heterocycles. The van der Waals surface area contributed by atoms with Crippen LogP contribution in [-0.2, 0) is 14.8 Å². The van der Waals surface area contributed by atoms with Crippen molar-refractivity contribution in [3.8, 4) is 11.5 Å². The van der Waals surface area contributed by atoms with E-state index in [1.54, 1.807) is 25.1 Å². The summed E-state index contributed by atoms with van der Waals surface area (Å²) in [7, 11) is 0.339. The predicted molar refractivity (Wildman–Crippen MR) is 97.5 cm³/mol. The molecule has 0 aliphatic rings. The monoisotopic (exact) mass is 379 g/mol. The second kappa shape index (κ2) is 8.09. The summed E-state index contributed by atoms with van der Waals surface area (Å²) in [5.41, 5.74) is 0.390. The highest BCUT2D eigenvalue weighted by atomic mass is 32.2. The van der Waals surface area contributed by atoms with E-state index in [9.17, 15) is 13.2 Å². The van der Waals surface area contributed by atoms with Crippen LogP contribution in [0.2, 0.25) is 0 Å². The van der Waals surface area contributed by atoms with Gasteiger partial charge in [0.15, 0.2) is 11.5 Å². The van der Waals surface area contributed by atoms with Crippen molar-refractivity contribution in [2.75, 3.05) is 32.2 Å². The minimum absolute atomic E-state index is 0.0105. The molecule has 2 rings (SSSR count). The van der Waals surface area contributed by atoms with Crippen molar-refractivity contribution in [2.24, 2.45) is 0 Å². The van der Waals surface area contributed by atoms with Crippen LogP contribution in [0.15, 0.2) is 47.4 Å². The zero-order valence-electron chi connectivity index (χ0n) is 15.1. The Balaban J connectivity index is 2.49. The Kier molecular flexibility index (Phi) is 6.10. The molecule has 26 heavy (non-hydrogen) atoms. The summed E-state index contributed by atoms with van der Waals surface area (Å²) in [4.78, 5) is 12.1. The molecule has 0 fully saturated rings. The molecule has 0 aliphatic carbocycles. The van der Waals surface area contributed by atoms with E-state index in [2.05, 4.69) is 0 Å². The Labute approximate surface area is 153 Å². The number of esters is 1. The van der Waals surface area contributed by atoms with Crippen LogP contribution in [0.1, 0.15) is 17.3 Å². The van der Waals surface area contributed by atoms with Crippen LogP contribution in [0.4, 0.5) is 5.69 Å². The second-order valence-corrected chi connectivity index (χ2v) is 7.20. The number of hydrogen-bond donors (Lipinski definition) is 0. The maximum atomic E-state index is 13.0. The first-order valence-electron chi connectivity index (χ1n) is 7.84. The summed E-state index contributed by atoms with van der Waals surface area (Å²) in [5.74, 6) is 0.124. The molecule has 2 aromatic rings. The third kappa shape index (κ3) is 3.75. The van der Waals surface area contributed by atoms with Gasteiger partial charge in [0.25, 0.3) is 10.0 Å². The molecule has 0 N–H and O–H groups in total. The number of hydrogen-bond acceptors (Lipinski definition) is 6. The normalized spacial score (nSPS) is 10.9. The number of benzene rings is 2. The number of anilines is 1. The second-order valence-electron chi connectivity index (χ2n) is 5.23. The highest BCUT2D eigenvalue weighted by Gasteiger charge is 2.26. The van der Waals surface area contributed by atoms with Crippen molar-refractivity contribution < 1.29 is 27.4 Å². The van der Waals surface area contributed by atoms with Gasteiger partial charge >= 0.3 is 5.97 Å². The van der Waals surface area contributed by atoms with Crippen LogP contribution in [0.5, 0.6) is 11.5 Å². The molecule has 8 heteroatoms. The van der Waals surface area contributed by atoms with Gasteiger partial charge in [0.2, 0.25) is 0 Å². The molecular formula is C18H21NO6S. The van der Waals surface area contributed by atoms with Crippen LogP contribution < -0.4 is 13.8 Å². The van der Waals surface area contributed by atoms with Gasteiger partial charge in [0, 0.05) is 13.1 Å². The molecule has 0 radical (unpaired) electrons. The minimum atomic E-state index is -3.93. The van der Waals surface area contributed by atoms with E-state index in [-0.39, 0.29) is 22.8 Å². The average molecular weight is 379 g/mol. The number of rotatable bonds is 7. The first-order valence-corrected chi connectivity index (χ1v) is 9.28. The van der Waals surface area contributed by atoms with Gasteiger partial charge in [0.05, 0.1) is 37.0 Å². The Morgan fingerprint density at radius 2 is 1.69 bits per heavy atom. The largest absolute Gasteiger partial charge is 0.493 e. The van der Waals surface area contributed by atoms with Crippen LogP contribution in [0.3, 0.4) is 0 Å². The summed E-state index contributed by atoms with van der Waals surface area (Å²) >= 11 is 0. The fourth-order valence-electron chi connectivity index (χ4n) is 2.39. The van der Waals surface area contributed by atoms with E-state index < -0.39 is 16.0 Å². The van der Waals surface area contributed by atoms with E-state index in [0.29, 0.717) is 11.5 Å². The predicted octanol–water partition coefficient (Wildman–Crippen LogP) is 2.71. The fraction of sp³-hybridized carbons (Fsp3) is 0.278. The number of para-hydroxylation sites is 1. The van der Waals surface area contributed by atoms with Crippen molar-refractivity contribution in [3.05, 3.63) is 48.0 Å². The lowest BCUT2D eigenvalue weighted by atomic mass is 10.2. The highest BCUT2D eigenvalue weighted by Crippen LogP contribution is 2.32. The molecular weight excluding hydrogens is 358 g/mol. The van der Waals surface area contributed by atoms with Crippen LogP contribution in [0.25, 0.3) is 0 Å². The molecule has 140 valence electrons. The Morgan fingerprint density at radius 3 is 2.31 bits per heavy atom. The lowest BCUT2D eigenvalue weighted by Gasteiger charge is -2.22. The Bertz CT molecular complexity index is 894. The van der Waals surface area contributed by atoms with E-state index in [4.69, 9.17) is 14.2 Å². The van der Waals surface area contributed by atoms with Gasteiger partial charge in [0.1, 0.15) is 0 Å². The lowest BCUT2D eigenvalue weighted by molar-refractivity contribution is 0.0527. The Hall–Kier alpha value is -2.74. The van der Waals surface area contributed by atoms with Crippen molar-refractivity contribution in [1.82, 2.24) is 0 Å². The summed E-state index contributed by atoms with van der Waals surface area (Å²) < 4.78 is 42.4. The molecule has 0 atom stereocenters. The summed E-state index contributed by atoms with van der Waals surface area (Å²) in [6.07, 6.45) is 0. The number of ether oxygens (including phenoxy) is 3. The van der Waals surface area contributed by atoms with E-state index in [0.717, 1.165) is 4.31 Å². The first-order chi connectivity index (χ1) is 12.4. The molecule has 0 unspecified atom stereocenters. The molecule has 0 saturated carbocycles. The van der Waals surface area contributed by atoms with Crippen LogP contribution >= 0.6 is 0 Å². The van der Waals surface area contributed by atoms with Crippen LogP contribution in [-0.4, -0.2) is 42.3 Å². The average Bonchev–Trinajstić information content (AvgIpc) is 2.66. The molecule has 0 saturated heterocycles. The zero-order valence-corrected chi connectivity index (χ0v) is 15.9. The van der Waals surface area contributed by atoms with Crippen molar-refractivity contribution in [2.45, 2.75) is 11.8 Å². The van der Waals surface area contributed by atoms with Gasteiger partial charge in [-0.25, -0.2) is 13.2 Å². The lowest BCUT2D eigenvalue weighted by Crippen LogP contribution is -2.28. The molecule has 0 spiro atoms. The van der Waals surface area contributed by atoms with E-state index in [1.165, 1.54) is 45.5 Å². The highest BCUT2D eigenvalue weighted by molar-refractivity contribution is 7.92. The maximum absolute atomic E-state index is 13.0. The van der Waals surface area contributed by atoms with Gasteiger partial charge in [-0.05, 0) is 31.2 Å². The van der Waals surface area contributed by atoms with Gasteiger partial charge in [-0.3, -0.25) is 4.31 Å². The summed E-state index contributed by atoms with van der Waals surface area (Å²) in [6.45, 7) is 1.88. The van der Waals surface area contributed by atoms with Crippen molar-refractivity contribution in [3.63, 3.8) is 0 Å². The number of carbonyl (C=O) groups excluding carboxylic acids is 1. The van der Waals surface area contributed by atoms with Gasteiger partial charge in [-0.1, -0.05) is 12.1 Å². The fourth-order valence-corrected chi connectivity index (χ4v) is 3.62. The number of methoxy groups -OCH3 is 2. The maximum Gasteiger partial charge on any atom is 0.340 e. The molecule has 0 aliphatic heterocycles. The summed E-state index contributed by atoms with van der Waals surface area (Å²) in [6, 6.07) is 10.7. The molecule has 0 bridgehead atoms. The zero-order chi connectivity index (χ0) is 19.3. The third-order valence-electron chi connectivity index (χ3n) is 3.75. The summed E-state index contributed by atoms with van der Waals surface area (Å²) in [5, 5.41) is 0. The minimum Gasteiger partial charge on any atom is -0.493 e. The van der Waals surface area contributed by atoms with Gasteiger partial charge < -0.3 is 14.2 Å². The topological polar surface area (TPSA) is 82.1 Å². The van der Waals surface area contributed by atoms with Crippen molar-refractivity contribution in [1.29, 1.82) is 0 Å². The first kappa shape index (κ1) is 19.6. The van der Waals surface area contributed by atoms with Crippen molar-refractivity contribution >= 4 is 21.7 Å². The molecule has 0 heterocycles. The number of nitrogens with zero attached hydrogens (tertiary/aromatic N) is 1. The molecule has 0 amide bonds. The molecule has 7 nitrogen and oxygen atoms in total. The third-order valence-corrected chi connectivity index (χ3v) is 5.52. The number of carbonyl (C=O) groups is 1. The molecule has 2 aromatic carbocycles.